The van der Waals surface area contributed by atoms with Gasteiger partial charge < -0.3 is 19.1 Å². The van der Waals surface area contributed by atoms with Crippen LogP contribution >= 0.6 is 7.60 Å². The number of benzene rings is 2. The number of ether oxygens (including phenoxy) is 1. The van der Waals surface area contributed by atoms with E-state index >= 15 is 0 Å². The Morgan fingerprint density at radius 3 is 2.00 bits per heavy atom. The molecule has 0 bridgehead atoms. The van der Waals surface area contributed by atoms with Gasteiger partial charge in [0.15, 0.2) is 0 Å². The first-order valence-electron chi connectivity index (χ1n) is 11.1. The summed E-state index contributed by atoms with van der Waals surface area (Å²) in [5.41, 5.74) is 1.72. The predicted octanol–water partition coefficient (Wildman–Crippen LogP) is 4.86. The molecule has 1 aliphatic heterocycles. The minimum Gasteiger partial charge on any atom is -0.497 e. The highest BCUT2D eigenvalue weighted by atomic mass is 32.2. The summed E-state index contributed by atoms with van der Waals surface area (Å²) in [4.78, 5) is 0.251. The van der Waals surface area contributed by atoms with Crippen molar-refractivity contribution in [1.29, 1.82) is 0 Å². The molecule has 0 aromatic heterocycles. The number of nitrogens with one attached hydrogen (secondary N) is 1. The zero-order chi connectivity index (χ0) is 24.1. The lowest BCUT2D eigenvalue weighted by molar-refractivity contribution is 0.179. The molecule has 0 atom stereocenters. The second-order valence-corrected chi connectivity index (χ2v) is 12.2. The van der Waals surface area contributed by atoms with Crippen molar-refractivity contribution in [2.24, 2.45) is 0 Å². The molecule has 182 valence electrons. The summed E-state index contributed by atoms with van der Waals surface area (Å²) in [6, 6.07) is 14.1. The number of nitrogens with zero attached hydrogens (tertiary/aromatic N) is 1. The van der Waals surface area contributed by atoms with Crippen LogP contribution in [-0.2, 0) is 23.6 Å². The Kier molecular flexibility index (Phi) is 8.24. The predicted molar refractivity (Wildman–Crippen MR) is 129 cm³/mol. The van der Waals surface area contributed by atoms with Crippen LogP contribution in [0.15, 0.2) is 53.4 Å². The molecule has 10 heteroatoms. The highest BCUT2D eigenvalue weighted by Gasteiger charge is 2.53. The molecular formula is C23H33N2O6PS. The Hall–Kier alpha value is -1.90. The summed E-state index contributed by atoms with van der Waals surface area (Å²) in [6.07, 6.45) is 0.531. The summed E-state index contributed by atoms with van der Waals surface area (Å²) in [5, 5.41) is 2.32. The van der Waals surface area contributed by atoms with Crippen LogP contribution in [0, 0.1) is 6.92 Å². The van der Waals surface area contributed by atoms with Crippen LogP contribution in [0.1, 0.15) is 32.3 Å². The first-order valence-corrected chi connectivity index (χ1v) is 14.1. The molecule has 0 saturated carbocycles. The van der Waals surface area contributed by atoms with Crippen molar-refractivity contribution in [3.8, 4) is 5.75 Å². The van der Waals surface area contributed by atoms with Gasteiger partial charge in [-0.15, -0.1) is 0 Å². The molecule has 0 amide bonds. The fourth-order valence-electron chi connectivity index (χ4n) is 3.99. The number of sulfonamides is 1. The van der Waals surface area contributed by atoms with Gasteiger partial charge >= 0.3 is 7.60 Å². The molecule has 0 radical (unpaired) electrons. The molecule has 2 aromatic carbocycles. The second kappa shape index (κ2) is 10.6. The lowest BCUT2D eigenvalue weighted by Gasteiger charge is -2.45. The smallest absolute Gasteiger partial charge is 0.355 e. The van der Waals surface area contributed by atoms with E-state index < -0.39 is 22.9 Å². The summed E-state index contributed by atoms with van der Waals surface area (Å²) < 4.78 is 58.5. The van der Waals surface area contributed by atoms with Gasteiger partial charge in [-0.2, -0.15) is 4.31 Å². The highest BCUT2D eigenvalue weighted by Crippen LogP contribution is 2.63. The first kappa shape index (κ1) is 25.7. The number of aryl methyl sites for hydroxylation is 1. The summed E-state index contributed by atoms with van der Waals surface area (Å²) in [5.74, 6) is 0.700. The van der Waals surface area contributed by atoms with Crippen molar-refractivity contribution in [2.75, 3.05) is 38.7 Å². The van der Waals surface area contributed by atoms with Gasteiger partial charge in [-0.25, -0.2) is 8.42 Å². The van der Waals surface area contributed by atoms with E-state index in [-0.39, 0.29) is 44.0 Å². The van der Waals surface area contributed by atoms with Crippen LogP contribution in [-0.4, -0.2) is 51.4 Å². The average molecular weight is 497 g/mol. The van der Waals surface area contributed by atoms with E-state index in [1.807, 2.05) is 19.1 Å². The molecule has 0 unspecified atom stereocenters. The van der Waals surface area contributed by atoms with E-state index in [4.69, 9.17) is 13.8 Å². The van der Waals surface area contributed by atoms with Gasteiger partial charge in [-0.3, -0.25) is 4.57 Å². The number of methoxy groups -OCH3 is 1. The number of rotatable bonds is 10. The normalized spacial score (nSPS) is 17.0. The average Bonchev–Trinajstić information content (AvgIpc) is 2.80. The van der Waals surface area contributed by atoms with Crippen molar-refractivity contribution in [3.05, 3.63) is 54.1 Å². The van der Waals surface area contributed by atoms with Crippen molar-refractivity contribution < 1.29 is 26.8 Å². The number of anilines is 1. The second-order valence-electron chi connectivity index (χ2n) is 7.94. The third-order valence-electron chi connectivity index (χ3n) is 5.80. The van der Waals surface area contributed by atoms with Gasteiger partial charge in [-0.1, -0.05) is 17.7 Å². The summed E-state index contributed by atoms with van der Waals surface area (Å²) in [6.45, 7) is 6.25. The Bertz CT molecular complexity index is 1060. The largest absolute Gasteiger partial charge is 0.497 e. The third kappa shape index (κ3) is 5.44. The summed E-state index contributed by atoms with van der Waals surface area (Å²) >= 11 is 0. The molecule has 33 heavy (non-hydrogen) atoms. The van der Waals surface area contributed by atoms with Gasteiger partial charge in [0.2, 0.25) is 10.0 Å². The van der Waals surface area contributed by atoms with Crippen LogP contribution in [0.5, 0.6) is 5.75 Å². The molecule has 1 aliphatic rings. The molecule has 2 aromatic rings. The maximum absolute atomic E-state index is 14.0. The monoisotopic (exact) mass is 496 g/mol. The van der Waals surface area contributed by atoms with Crippen molar-refractivity contribution in [3.63, 3.8) is 0 Å². The molecule has 1 saturated heterocycles. The number of piperidine rings is 1. The highest BCUT2D eigenvalue weighted by molar-refractivity contribution is 7.89. The van der Waals surface area contributed by atoms with Crippen LogP contribution in [0.4, 0.5) is 5.69 Å². The minimum atomic E-state index is -3.66. The Labute approximate surface area is 196 Å². The van der Waals surface area contributed by atoms with Crippen LogP contribution < -0.4 is 10.1 Å². The molecule has 8 nitrogen and oxygen atoms in total. The topological polar surface area (TPSA) is 94.2 Å². The zero-order valence-corrected chi connectivity index (χ0v) is 21.3. The Balaban J connectivity index is 1.91. The van der Waals surface area contributed by atoms with Crippen molar-refractivity contribution >= 4 is 23.3 Å². The van der Waals surface area contributed by atoms with Gasteiger partial charge in [0.05, 0.1) is 25.2 Å². The third-order valence-corrected chi connectivity index (χ3v) is 10.5. The summed E-state index contributed by atoms with van der Waals surface area (Å²) in [7, 11) is -5.70. The van der Waals surface area contributed by atoms with E-state index in [1.165, 1.54) is 4.31 Å². The molecule has 1 heterocycles. The van der Waals surface area contributed by atoms with E-state index in [0.717, 1.165) is 11.3 Å². The Morgan fingerprint density at radius 2 is 1.52 bits per heavy atom. The van der Waals surface area contributed by atoms with E-state index in [0.29, 0.717) is 5.75 Å². The standard InChI is InChI=1S/C23H33N2O6PS/c1-5-30-32(26,31-6-2)23(24-20-9-11-21(29-4)12-10-20)15-17-25(18-16-23)33(27,28)22-13-7-19(3)8-14-22/h7-14,24H,5-6,15-18H2,1-4H3. The fourth-order valence-corrected chi connectivity index (χ4v) is 7.69. The molecule has 0 spiro atoms. The van der Waals surface area contributed by atoms with Gasteiger partial charge in [0.25, 0.3) is 0 Å². The molecular weight excluding hydrogens is 463 g/mol. The van der Waals surface area contributed by atoms with Crippen molar-refractivity contribution in [1.82, 2.24) is 4.31 Å². The fraction of sp³-hybridized carbons (Fsp3) is 0.478. The lowest BCUT2D eigenvalue weighted by atomic mass is 10.1. The minimum absolute atomic E-state index is 0.184. The van der Waals surface area contributed by atoms with E-state index in [9.17, 15) is 13.0 Å². The first-order chi connectivity index (χ1) is 15.7. The zero-order valence-electron chi connectivity index (χ0n) is 19.6. The van der Waals surface area contributed by atoms with Crippen LogP contribution in [0.2, 0.25) is 0 Å². The molecule has 1 fully saturated rings. The number of hydrogen-bond donors (Lipinski definition) is 1. The van der Waals surface area contributed by atoms with Gasteiger partial charge in [-0.05, 0) is 70.0 Å². The maximum atomic E-state index is 14.0. The van der Waals surface area contributed by atoms with Gasteiger partial charge in [0.1, 0.15) is 11.0 Å². The quantitative estimate of drug-likeness (QED) is 0.469. The lowest BCUT2D eigenvalue weighted by Crippen LogP contribution is -2.51. The number of hydrogen-bond acceptors (Lipinski definition) is 7. The molecule has 1 N–H and O–H groups in total. The van der Waals surface area contributed by atoms with E-state index in [1.54, 1.807) is 57.4 Å². The van der Waals surface area contributed by atoms with E-state index in [2.05, 4.69) is 5.32 Å². The maximum Gasteiger partial charge on any atom is 0.355 e. The van der Waals surface area contributed by atoms with Crippen LogP contribution in [0.25, 0.3) is 0 Å². The Morgan fingerprint density at radius 1 is 0.970 bits per heavy atom. The van der Waals surface area contributed by atoms with Crippen molar-refractivity contribution in [2.45, 2.75) is 43.8 Å². The van der Waals surface area contributed by atoms with Crippen LogP contribution in [0.3, 0.4) is 0 Å². The van der Waals surface area contributed by atoms with Gasteiger partial charge in [0, 0.05) is 18.8 Å². The molecule has 3 rings (SSSR count). The molecule has 0 aliphatic carbocycles. The SMILES string of the molecule is CCOP(=O)(OCC)C1(Nc2ccc(OC)cc2)CCN(S(=O)(=O)c2ccc(C)cc2)CC1.